The smallest absolute Gasteiger partial charge is 0.416 e. The van der Waals surface area contributed by atoms with Crippen LogP contribution >= 0.6 is 11.8 Å². The van der Waals surface area contributed by atoms with Crippen molar-refractivity contribution >= 4 is 11.8 Å². The topological polar surface area (TPSA) is 60.0 Å². The van der Waals surface area contributed by atoms with Gasteiger partial charge in [-0.05, 0) is 49.4 Å². The molecule has 2 aliphatic rings. The maximum absolute atomic E-state index is 12.9. The summed E-state index contributed by atoms with van der Waals surface area (Å²) in [6, 6.07) is 5.79. The van der Waals surface area contributed by atoms with Crippen molar-refractivity contribution in [3.05, 3.63) is 47.5 Å². The number of aryl methyl sites for hydroxylation is 1. The molecule has 0 N–H and O–H groups in total. The van der Waals surface area contributed by atoms with E-state index in [0.29, 0.717) is 11.6 Å². The molecule has 33 heavy (non-hydrogen) atoms. The summed E-state index contributed by atoms with van der Waals surface area (Å²) in [5.41, 5.74) is 1.36. The summed E-state index contributed by atoms with van der Waals surface area (Å²) in [7, 11) is 1.92. The molecule has 3 aromatic rings. The second-order valence-corrected chi connectivity index (χ2v) is 10.5. The number of oxazole rings is 1. The number of alkyl halides is 3. The van der Waals surface area contributed by atoms with E-state index in [2.05, 4.69) is 27.0 Å². The molecule has 2 atom stereocenters. The molecule has 176 valence electrons. The summed E-state index contributed by atoms with van der Waals surface area (Å²) in [4.78, 5) is 6.56. The maximum Gasteiger partial charge on any atom is 0.416 e. The summed E-state index contributed by atoms with van der Waals surface area (Å²) in [5, 5.41) is 9.36. The molecule has 1 saturated heterocycles. The summed E-state index contributed by atoms with van der Waals surface area (Å²) < 4.78 is 46.1. The van der Waals surface area contributed by atoms with Crippen molar-refractivity contribution in [1.82, 2.24) is 24.6 Å². The first kappa shape index (κ1) is 22.5. The number of aromatic nitrogens is 4. The summed E-state index contributed by atoms with van der Waals surface area (Å²) >= 11 is 1.66. The minimum atomic E-state index is -4.29. The molecule has 0 spiro atoms. The predicted octanol–water partition coefficient (Wildman–Crippen LogP) is 4.94. The number of hydrogen-bond donors (Lipinski definition) is 0. The largest absolute Gasteiger partial charge is 0.440 e. The van der Waals surface area contributed by atoms with E-state index in [4.69, 9.17) is 4.42 Å². The Morgan fingerprint density at radius 2 is 1.91 bits per heavy atom. The number of nitrogens with zero attached hydrogens (tertiary/aromatic N) is 5. The number of halogens is 3. The molecular formula is C23H26F3N5OS. The standard InChI is InChI=1S/C23H26F3N5OS/c1-15-18(32-14-27-15)19-28-29-20(30(19)3)33-10-4-9-31-12-21(2)11-22(21,13-31)16-5-7-17(8-6-16)23(24,25)26/h5-8,14H,4,9-13H2,1-3H3. The average molecular weight is 478 g/mol. The van der Waals surface area contributed by atoms with Crippen LogP contribution in [0, 0.1) is 12.3 Å². The molecule has 1 aliphatic heterocycles. The number of rotatable bonds is 7. The van der Waals surface area contributed by atoms with Gasteiger partial charge < -0.3 is 13.9 Å². The van der Waals surface area contributed by atoms with Crippen LogP contribution in [0.5, 0.6) is 0 Å². The molecule has 0 amide bonds. The lowest BCUT2D eigenvalue weighted by atomic mass is 9.89. The minimum Gasteiger partial charge on any atom is -0.440 e. The van der Waals surface area contributed by atoms with Crippen LogP contribution in [0.1, 0.15) is 36.6 Å². The van der Waals surface area contributed by atoms with Crippen LogP contribution < -0.4 is 0 Å². The van der Waals surface area contributed by atoms with E-state index in [1.165, 1.54) is 18.5 Å². The van der Waals surface area contributed by atoms with Crippen LogP contribution in [-0.4, -0.2) is 50.0 Å². The van der Waals surface area contributed by atoms with E-state index in [9.17, 15) is 13.2 Å². The third-order valence-corrected chi connectivity index (χ3v) is 8.29. The molecule has 2 unspecified atom stereocenters. The quantitative estimate of drug-likeness (QED) is 0.355. The molecule has 2 aromatic heterocycles. The van der Waals surface area contributed by atoms with Crippen LogP contribution in [0.3, 0.4) is 0 Å². The van der Waals surface area contributed by atoms with Crippen molar-refractivity contribution in [1.29, 1.82) is 0 Å². The fourth-order valence-corrected chi connectivity index (χ4v) is 6.13. The van der Waals surface area contributed by atoms with E-state index in [1.807, 2.05) is 18.5 Å². The SMILES string of the molecule is Cc1ncoc1-c1nnc(SCCCN2CC3(C)CC3(c3ccc(C(F)(F)F)cc3)C2)n1C. The molecule has 3 heterocycles. The summed E-state index contributed by atoms with van der Waals surface area (Å²) in [5.74, 6) is 2.20. The van der Waals surface area contributed by atoms with Gasteiger partial charge >= 0.3 is 6.18 Å². The van der Waals surface area contributed by atoms with Gasteiger partial charge in [-0.25, -0.2) is 4.98 Å². The van der Waals surface area contributed by atoms with Crippen molar-refractivity contribution in [3.63, 3.8) is 0 Å². The van der Waals surface area contributed by atoms with Gasteiger partial charge in [0.1, 0.15) is 0 Å². The summed E-state index contributed by atoms with van der Waals surface area (Å²) in [6.45, 7) is 6.97. The number of thioether (sulfide) groups is 1. The van der Waals surface area contributed by atoms with Crippen molar-refractivity contribution in [2.75, 3.05) is 25.4 Å². The lowest BCUT2D eigenvalue weighted by Gasteiger charge is -2.21. The Morgan fingerprint density at radius 3 is 2.58 bits per heavy atom. The summed E-state index contributed by atoms with van der Waals surface area (Å²) in [6.07, 6.45) is -0.850. The highest BCUT2D eigenvalue weighted by molar-refractivity contribution is 7.99. The number of fused-ring (bicyclic) bond motifs is 1. The Bertz CT molecular complexity index is 1160. The molecule has 0 bridgehead atoms. The number of likely N-dealkylation sites (tertiary alicyclic amines) is 1. The Labute approximate surface area is 194 Å². The van der Waals surface area contributed by atoms with Crippen LogP contribution in [0.15, 0.2) is 40.2 Å². The number of piperidine rings is 1. The van der Waals surface area contributed by atoms with E-state index in [-0.39, 0.29) is 10.8 Å². The molecule has 1 aromatic carbocycles. The molecule has 2 fully saturated rings. The first-order chi connectivity index (χ1) is 15.6. The fourth-order valence-electron chi connectivity index (χ4n) is 5.29. The van der Waals surface area contributed by atoms with Crippen LogP contribution in [0.4, 0.5) is 13.2 Å². The van der Waals surface area contributed by atoms with Gasteiger partial charge in [0.05, 0.1) is 11.3 Å². The van der Waals surface area contributed by atoms with Gasteiger partial charge in [-0.15, -0.1) is 10.2 Å². The first-order valence-corrected chi connectivity index (χ1v) is 11.9. The highest BCUT2D eigenvalue weighted by atomic mass is 32.2. The third kappa shape index (κ3) is 3.86. The van der Waals surface area contributed by atoms with E-state index >= 15 is 0 Å². The van der Waals surface area contributed by atoms with Gasteiger partial charge in [-0.2, -0.15) is 13.2 Å². The van der Waals surface area contributed by atoms with E-state index in [0.717, 1.165) is 54.6 Å². The van der Waals surface area contributed by atoms with E-state index in [1.54, 1.807) is 23.9 Å². The number of hydrogen-bond acceptors (Lipinski definition) is 6. The Morgan fingerprint density at radius 1 is 1.15 bits per heavy atom. The lowest BCUT2D eigenvalue weighted by molar-refractivity contribution is -0.137. The Hall–Kier alpha value is -2.33. The average Bonchev–Trinajstić information content (AvgIpc) is 3.11. The fraction of sp³-hybridized carbons (Fsp3) is 0.522. The minimum absolute atomic E-state index is 0.0162. The van der Waals surface area contributed by atoms with Gasteiger partial charge in [-0.3, -0.25) is 0 Å². The van der Waals surface area contributed by atoms with Crippen LogP contribution in [-0.2, 0) is 18.6 Å². The normalized spacial score (nSPS) is 24.9. The lowest BCUT2D eigenvalue weighted by Crippen LogP contribution is -2.28. The predicted molar refractivity (Wildman–Crippen MR) is 119 cm³/mol. The number of benzene rings is 1. The van der Waals surface area contributed by atoms with Gasteiger partial charge in [0.25, 0.3) is 0 Å². The van der Waals surface area contributed by atoms with Crippen molar-refractivity contribution < 1.29 is 17.6 Å². The monoisotopic (exact) mass is 477 g/mol. The highest BCUT2D eigenvalue weighted by Gasteiger charge is 2.69. The van der Waals surface area contributed by atoms with Crippen LogP contribution in [0.25, 0.3) is 11.6 Å². The van der Waals surface area contributed by atoms with E-state index < -0.39 is 11.7 Å². The van der Waals surface area contributed by atoms with Gasteiger partial charge in [-0.1, -0.05) is 30.8 Å². The maximum atomic E-state index is 12.9. The zero-order chi connectivity index (χ0) is 23.4. The molecular weight excluding hydrogens is 451 g/mol. The second-order valence-electron chi connectivity index (χ2n) is 9.44. The van der Waals surface area contributed by atoms with Crippen molar-refractivity contribution in [2.45, 2.75) is 43.4 Å². The molecule has 1 aliphatic carbocycles. The molecule has 5 rings (SSSR count). The molecule has 0 radical (unpaired) electrons. The third-order valence-electron chi connectivity index (χ3n) is 7.19. The van der Waals surface area contributed by atoms with Gasteiger partial charge in [0.2, 0.25) is 5.82 Å². The van der Waals surface area contributed by atoms with Crippen molar-refractivity contribution in [2.24, 2.45) is 12.5 Å². The molecule has 6 nitrogen and oxygen atoms in total. The zero-order valence-corrected chi connectivity index (χ0v) is 19.6. The zero-order valence-electron chi connectivity index (χ0n) is 18.8. The highest BCUT2D eigenvalue weighted by Crippen LogP contribution is 2.68. The molecule has 10 heteroatoms. The first-order valence-electron chi connectivity index (χ1n) is 11.0. The van der Waals surface area contributed by atoms with Gasteiger partial charge in [0.15, 0.2) is 17.3 Å². The van der Waals surface area contributed by atoms with Crippen LogP contribution in [0.2, 0.25) is 0 Å². The Balaban J connectivity index is 1.15. The Kier molecular flexibility index (Phi) is 5.36. The second kappa shape index (κ2) is 7.87. The van der Waals surface area contributed by atoms with Gasteiger partial charge in [0, 0.05) is 31.3 Å². The van der Waals surface area contributed by atoms with Crippen molar-refractivity contribution in [3.8, 4) is 11.6 Å². The molecule has 1 saturated carbocycles.